The van der Waals surface area contributed by atoms with E-state index < -0.39 is 6.04 Å². The lowest BCUT2D eigenvalue weighted by Crippen LogP contribution is -2.53. The summed E-state index contributed by atoms with van der Waals surface area (Å²) in [4.78, 5) is 29.3. The van der Waals surface area contributed by atoms with E-state index in [9.17, 15) is 9.59 Å². The highest BCUT2D eigenvalue weighted by Crippen LogP contribution is 2.27. The van der Waals surface area contributed by atoms with Gasteiger partial charge in [-0.05, 0) is 73.6 Å². The van der Waals surface area contributed by atoms with Crippen LogP contribution in [0.5, 0.6) is 5.75 Å². The Hall–Kier alpha value is -3.12. The van der Waals surface area contributed by atoms with E-state index in [-0.39, 0.29) is 24.5 Å². The first-order valence-electron chi connectivity index (χ1n) is 13.4. The summed E-state index contributed by atoms with van der Waals surface area (Å²) in [5.74, 6) is 0.328. The highest BCUT2D eigenvalue weighted by atomic mass is 79.9. The molecule has 3 aromatic rings. The average Bonchev–Trinajstić information content (AvgIpc) is 3.42. The molecule has 1 atom stereocenters. The lowest BCUT2D eigenvalue weighted by molar-refractivity contribution is -0.143. The molecule has 4 rings (SSSR count). The molecule has 1 saturated carbocycles. The first kappa shape index (κ1) is 27.9. The summed E-state index contributed by atoms with van der Waals surface area (Å²) in [6.45, 7) is 6.23. The largest absolute Gasteiger partial charge is 0.484 e. The maximum absolute atomic E-state index is 13.9. The molecule has 6 heteroatoms. The van der Waals surface area contributed by atoms with Crippen LogP contribution in [0.3, 0.4) is 0 Å². The number of aryl methyl sites for hydroxylation is 3. The van der Waals surface area contributed by atoms with Gasteiger partial charge in [-0.2, -0.15) is 0 Å². The molecule has 1 aliphatic carbocycles. The van der Waals surface area contributed by atoms with Gasteiger partial charge in [-0.25, -0.2) is 0 Å². The maximum Gasteiger partial charge on any atom is 0.261 e. The van der Waals surface area contributed by atoms with Gasteiger partial charge in [0.1, 0.15) is 11.8 Å². The van der Waals surface area contributed by atoms with E-state index >= 15 is 0 Å². The van der Waals surface area contributed by atoms with Crippen molar-refractivity contribution in [1.29, 1.82) is 0 Å². The Balaban J connectivity index is 1.63. The Bertz CT molecular complexity index is 1230. The first-order valence-corrected chi connectivity index (χ1v) is 14.2. The Labute approximate surface area is 234 Å². The second-order valence-electron chi connectivity index (χ2n) is 10.3. The van der Waals surface area contributed by atoms with Crippen molar-refractivity contribution in [1.82, 2.24) is 10.2 Å². The minimum atomic E-state index is -0.651. The lowest BCUT2D eigenvalue weighted by atomic mass is 10.0. The van der Waals surface area contributed by atoms with Gasteiger partial charge in [0, 0.05) is 23.5 Å². The molecule has 1 N–H and O–H groups in total. The van der Waals surface area contributed by atoms with E-state index in [1.807, 2.05) is 87.5 Å². The van der Waals surface area contributed by atoms with Crippen LogP contribution in [0.4, 0.5) is 0 Å². The van der Waals surface area contributed by atoms with Crippen molar-refractivity contribution in [3.8, 4) is 5.75 Å². The van der Waals surface area contributed by atoms with Crippen molar-refractivity contribution in [3.05, 3.63) is 99.0 Å². The highest BCUT2D eigenvalue weighted by molar-refractivity contribution is 9.10. The van der Waals surface area contributed by atoms with Crippen LogP contribution in [0, 0.1) is 20.8 Å². The second-order valence-corrected chi connectivity index (χ2v) is 11.1. The Morgan fingerprint density at radius 3 is 2.24 bits per heavy atom. The summed E-state index contributed by atoms with van der Waals surface area (Å²) in [6.07, 6.45) is 4.66. The molecular formula is C32H37BrN2O3. The number of hydrogen-bond acceptors (Lipinski definition) is 3. The zero-order valence-electron chi connectivity index (χ0n) is 22.5. The quantitative estimate of drug-likeness (QED) is 0.301. The third-order valence-electron chi connectivity index (χ3n) is 7.35. The monoisotopic (exact) mass is 576 g/mol. The fourth-order valence-electron chi connectivity index (χ4n) is 5.11. The van der Waals surface area contributed by atoms with Gasteiger partial charge in [-0.15, -0.1) is 0 Å². The van der Waals surface area contributed by atoms with Gasteiger partial charge in [0.05, 0.1) is 0 Å². The first-order chi connectivity index (χ1) is 18.3. The fourth-order valence-corrected chi connectivity index (χ4v) is 5.34. The van der Waals surface area contributed by atoms with Crippen molar-refractivity contribution in [2.45, 2.75) is 71.5 Å². The molecule has 5 nitrogen and oxygen atoms in total. The third-order valence-corrected chi connectivity index (χ3v) is 8.60. The zero-order chi connectivity index (χ0) is 27.1. The molecular weight excluding hydrogens is 540 g/mol. The van der Waals surface area contributed by atoms with Crippen LogP contribution in [-0.4, -0.2) is 35.4 Å². The van der Waals surface area contributed by atoms with Crippen LogP contribution in [0.15, 0.2) is 71.2 Å². The summed E-state index contributed by atoms with van der Waals surface area (Å²) in [5.41, 5.74) is 5.20. The summed E-state index contributed by atoms with van der Waals surface area (Å²) < 4.78 is 7.03. The zero-order valence-corrected chi connectivity index (χ0v) is 24.1. The summed E-state index contributed by atoms with van der Waals surface area (Å²) in [7, 11) is 0. The minimum Gasteiger partial charge on any atom is -0.484 e. The second kappa shape index (κ2) is 13.1. The predicted octanol–water partition coefficient (Wildman–Crippen LogP) is 6.45. The van der Waals surface area contributed by atoms with Crippen LogP contribution in [0.2, 0.25) is 0 Å². The topological polar surface area (TPSA) is 58.6 Å². The molecule has 0 bridgehead atoms. The highest BCUT2D eigenvalue weighted by Gasteiger charge is 2.32. The number of nitrogens with zero attached hydrogens (tertiary/aromatic N) is 1. The van der Waals surface area contributed by atoms with Crippen molar-refractivity contribution in [2.75, 3.05) is 6.61 Å². The number of halogens is 1. The van der Waals surface area contributed by atoms with E-state index in [2.05, 4.69) is 21.2 Å². The molecule has 0 saturated heterocycles. The molecule has 3 aromatic carbocycles. The number of amides is 2. The SMILES string of the molecule is Cc1ccccc1CN(C(=O)COc1cc(C)c(Br)c(C)c1)C(Cc1ccccc1)C(=O)NC1CCCC1. The van der Waals surface area contributed by atoms with E-state index in [0.29, 0.717) is 18.7 Å². The van der Waals surface area contributed by atoms with Crippen molar-refractivity contribution in [3.63, 3.8) is 0 Å². The van der Waals surface area contributed by atoms with Gasteiger partial charge in [-0.1, -0.05) is 83.4 Å². The molecule has 0 heterocycles. The van der Waals surface area contributed by atoms with E-state index in [4.69, 9.17) is 4.74 Å². The molecule has 0 aromatic heterocycles. The Morgan fingerprint density at radius 1 is 0.947 bits per heavy atom. The summed E-state index contributed by atoms with van der Waals surface area (Å²) >= 11 is 3.59. The molecule has 0 radical (unpaired) electrons. The number of carbonyl (C=O) groups is 2. The number of benzene rings is 3. The fraction of sp³-hybridized carbons (Fsp3) is 0.375. The number of hydrogen-bond donors (Lipinski definition) is 1. The molecule has 200 valence electrons. The summed E-state index contributed by atoms with van der Waals surface area (Å²) in [6, 6.07) is 21.3. The van der Waals surface area contributed by atoms with Crippen LogP contribution in [0.1, 0.15) is 53.5 Å². The van der Waals surface area contributed by atoms with Crippen molar-refractivity contribution < 1.29 is 14.3 Å². The van der Waals surface area contributed by atoms with Gasteiger partial charge in [-0.3, -0.25) is 9.59 Å². The van der Waals surface area contributed by atoms with Gasteiger partial charge in [0.15, 0.2) is 6.61 Å². The lowest BCUT2D eigenvalue weighted by Gasteiger charge is -2.32. The minimum absolute atomic E-state index is 0.0991. The molecule has 38 heavy (non-hydrogen) atoms. The van der Waals surface area contributed by atoms with E-state index in [1.54, 1.807) is 4.90 Å². The van der Waals surface area contributed by atoms with Crippen molar-refractivity contribution >= 4 is 27.7 Å². The average molecular weight is 578 g/mol. The summed E-state index contributed by atoms with van der Waals surface area (Å²) in [5, 5.41) is 3.25. The number of carbonyl (C=O) groups excluding carboxylic acids is 2. The van der Waals surface area contributed by atoms with Gasteiger partial charge < -0.3 is 15.0 Å². The molecule has 1 aliphatic rings. The van der Waals surface area contributed by atoms with Gasteiger partial charge >= 0.3 is 0 Å². The van der Waals surface area contributed by atoms with E-state index in [1.165, 1.54) is 0 Å². The molecule has 1 unspecified atom stereocenters. The third kappa shape index (κ3) is 7.25. The molecule has 0 aliphatic heterocycles. The Kier molecular flexibility index (Phi) is 9.62. The van der Waals surface area contributed by atoms with Gasteiger partial charge in [0.25, 0.3) is 5.91 Å². The molecule has 0 spiro atoms. The number of nitrogens with one attached hydrogen (secondary N) is 1. The maximum atomic E-state index is 13.9. The number of ether oxygens (including phenoxy) is 1. The normalized spacial score (nSPS) is 14.2. The van der Waals surface area contributed by atoms with Crippen LogP contribution in [-0.2, 0) is 22.6 Å². The standard InChI is InChI=1S/C32H37BrN2O3/c1-22-11-7-8-14-26(22)20-35(30(36)21-38-28-17-23(2)31(33)24(3)18-28)29(19-25-12-5-4-6-13-25)32(37)34-27-15-9-10-16-27/h4-8,11-14,17-18,27,29H,9-10,15-16,19-21H2,1-3H3,(H,34,37). The smallest absolute Gasteiger partial charge is 0.261 e. The van der Waals surface area contributed by atoms with Gasteiger partial charge in [0.2, 0.25) is 5.91 Å². The Morgan fingerprint density at radius 2 is 1.58 bits per heavy atom. The number of rotatable bonds is 10. The van der Waals surface area contributed by atoms with Crippen LogP contribution >= 0.6 is 15.9 Å². The molecule has 2 amide bonds. The van der Waals surface area contributed by atoms with Crippen LogP contribution < -0.4 is 10.1 Å². The van der Waals surface area contributed by atoms with Crippen molar-refractivity contribution in [2.24, 2.45) is 0 Å². The predicted molar refractivity (Wildman–Crippen MR) is 155 cm³/mol. The van der Waals surface area contributed by atoms with E-state index in [0.717, 1.165) is 58.0 Å². The molecule has 1 fully saturated rings. The van der Waals surface area contributed by atoms with Crippen LogP contribution in [0.25, 0.3) is 0 Å².